The highest BCUT2D eigenvalue weighted by Gasteiger charge is 2.07. The van der Waals surface area contributed by atoms with Crippen LogP contribution in [0.1, 0.15) is 5.69 Å². The molecule has 0 fully saturated rings. The number of amides is 1. The molecule has 0 saturated heterocycles. The predicted molar refractivity (Wildman–Crippen MR) is 58.4 cm³/mol. The van der Waals surface area contributed by atoms with Crippen LogP contribution < -0.4 is 5.48 Å². The molecule has 0 bridgehead atoms. The summed E-state index contributed by atoms with van der Waals surface area (Å²) in [6, 6.07) is 5.38. The number of carbonyl (C=O) groups excluding carboxylic acids is 1. The molecule has 8 heteroatoms. The van der Waals surface area contributed by atoms with E-state index in [2.05, 4.69) is 14.0 Å². The lowest BCUT2D eigenvalue weighted by molar-refractivity contribution is 0.104. The van der Waals surface area contributed by atoms with Gasteiger partial charge in [-0.3, -0.25) is 4.98 Å². The molecule has 0 saturated carbocycles. The molecule has 0 aliphatic heterocycles. The SMILES string of the molecule is CS(=O)(=O)ONC(=O)OCCc1ccccn1. The van der Waals surface area contributed by atoms with Gasteiger partial charge < -0.3 is 4.74 Å². The van der Waals surface area contributed by atoms with Gasteiger partial charge in [0.2, 0.25) is 0 Å². The van der Waals surface area contributed by atoms with Gasteiger partial charge in [-0.05, 0) is 12.1 Å². The fourth-order valence-electron chi connectivity index (χ4n) is 0.933. The molecule has 17 heavy (non-hydrogen) atoms. The lowest BCUT2D eigenvalue weighted by Gasteiger charge is -2.05. The summed E-state index contributed by atoms with van der Waals surface area (Å²) in [4.78, 5) is 15.0. The zero-order chi connectivity index (χ0) is 12.7. The molecule has 1 rings (SSSR count). The van der Waals surface area contributed by atoms with Gasteiger partial charge in [-0.25, -0.2) is 4.79 Å². The molecule has 0 spiro atoms. The van der Waals surface area contributed by atoms with Gasteiger partial charge in [-0.1, -0.05) is 6.07 Å². The largest absolute Gasteiger partial charge is 0.448 e. The normalized spacial score (nSPS) is 10.9. The molecule has 0 unspecified atom stereocenters. The minimum atomic E-state index is -3.72. The molecular weight excluding hydrogens is 248 g/mol. The van der Waals surface area contributed by atoms with Gasteiger partial charge in [0, 0.05) is 18.3 Å². The molecule has 94 valence electrons. The van der Waals surface area contributed by atoms with Gasteiger partial charge in [0.15, 0.2) is 0 Å². The zero-order valence-electron chi connectivity index (χ0n) is 9.12. The van der Waals surface area contributed by atoms with E-state index in [-0.39, 0.29) is 6.61 Å². The number of pyridine rings is 1. The fraction of sp³-hybridized carbons (Fsp3) is 0.333. The molecule has 1 aromatic heterocycles. The Morgan fingerprint density at radius 1 is 1.47 bits per heavy atom. The molecule has 7 nitrogen and oxygen atoms in total. The smallest absolute Gasteiger partial charge is 0.432 e. The van der Waals surface area contributed by atoms with Crippen LogP contribution in [0.25, 0.3) is 0 Å². The summed E-state index contributed by atoms with van der Waals surface area (Å²) in [6.45, 7) is 0.0793. The Balaban J connectivity index is 2.21. The molecule has 0 atom stereocenters. The molecule has 1 aromatic rings. The van der Waals surface area contributed by atoms with Gasteiger partial charge in [0.25, 0.3) is 10.1 Å². The Bertz CT molecular complexity index is 460. The summed E-state index contributed by atoms with van der Waals surface area (Å²) < 4.78 is 29.7. The maximum absolute atomic E-state index is 10.9. The summed E-state index contributed by atoms with van der Waals surface area (Å²) >= 11 is 0. The van der Waals surface area contributed by atoms with Crippen LogP contribution in [-0.4, -0.2) is 32.4 Å². The first-order valence-electron chi connectivity index (χ1n) is 4.68. The maximum atomic E-state index is 10.9. The van der Waals surface area contributed by atoms with E-state index in [0.717, 1.165) is 11.9 Å². The highest BCUT2D eigenvalue weighted by molar-refractivity contribution is 7.85. The summed E-state index contributed by atoms with van der Waals surface area (Å²) in [5, 5.41) is 0. The van der Waals surface area contributed by atoms with E-state index in [1.54, 1.807) is 23.8 Å². The third-order valence-corrected chi connectivity index (χ3v) is 1.98. The van der Waals surface area contributed by atoms with Crippen LogP contribution in [-0.2, 0) is 25.6 Å². The van der Waals surface area contributed by atoms with Crippen LogP contribution in [0.5, 0.6) is 0 Å². The first kappa shape index (κ1) is 13.4. The van der Waals surface area contributed by atoms with E-state index >= 15 is 0 Å². The highest BCUT2D eigenvalue weighted by atomic mass is 32.2. The molecule has 1 N–H and O–H groups in total. The van der Waals surface area contributed by atoms with Crippen LogP contribution in [0.15, 0.2) is 24.4 Å². The molecule has 0 aromatic carbocycles. The Labute approximate surface area is 98.8 Å². The molecular formula is C9H12N2O5S. The van der Waals surface area contributed by atoms with Crippen LogP contribution in [0.4, 0.5) is 4.79 Å². The van der Waals surface area contributed by atoms with Crippen molar-refractivity contribution in [3.05, 3.63) is 30.1 Å². The number of hydroxylamine groups is 1. The molecule has 0 aliphatic carbocycles. The second kappa shape index (κ2) is 6.16. The predicted octanol–water partition coefficient (Wildman–Crippen LogP) is 0.241. The fourth-order valence-corrected chi connectivity index (χ4v) is 1.15. The van der Waals surface area contributed by atoms with Gasteiger partial charge in [-0.2, -0.15) is 13.9 Å². The molecule has 1 heterocycles. The minimum Gasteiger partial charge on any atom is -0.448 e. The van der Waals surface area contributed by atoms with Gasteiger partial charge >= 0.3 is 6.09 Å². The van der Waals surface area contributed by atoms with E-state index < -0.39 is 16.2 Å². The monoisotopic (exact) mass is 260 g/mol. The average molecular weight is 260 g/mol. The van der Waals surface area contributed by atoms with Crippen molar-refractivity contribution in [2.24, 2.45) is 0 Å². The van der Waals surface area contributed by atoms with Gasteiger partial charge in [-0.15, -0.1) is 4.28 Å². The Morgan fingerprint density at radius 3 is 2.82 bits per heavy atom. The second-order valence-corrected chi connectivity index (χ2v) is 4.67. The molecule has 0 aliphatic rings. The van der Waals surface area contributed by atoms with Crippen molar-refractivity contribution >= 4 is 16.2 Å². The van der Waals surface area contributed by atoms with Crippen LogP contribution in [0.2, 0.25) is 0 Å². The Kier molecular flexibility index (Phi) is 4.85. The second-order valence-electron chi connectivity index (χ2n) is 3.10. The van der Waals surface area contributed by atoms with Crippen molar-refractivity contribution in [2.45, 2.75) is 6.42 Å². The van der Waals surface area contributed by atoms with E-state index in [4.69, 9.17) is 0 Å². The highest BCUT2D eigenvalue weighted by Crippen LogP contribution is 1.95. The first-order valence-corrected chi connectivity index (χ1v) is 6.50. The lowest BCUT2D eigenvalue weighted by atomic mass is 10.3. The summed E-state index contributed by atoms with van der Waals surface area (Å²) in [7, 11) is -3.72. The number of hydrogen-bond donors (Lipinski definition) is 1. The molecule has 1 amide bonds. The van der Waals surface area contributed by atoms with Crippen LogP contribution >= 0.6 is 0 Å². The van der Waals surface area contributed by atoms with E-state index in [1.165, 1.54) is 0 Å². The summed E-state index contributed by atoms with van der Waals surface area (Å²) in [5.41, 5.74) is 2.41. The summed E-state index contributed by atoms with van der Waals surface area (Å²) in [5.74, 6) is 0. The third kappa shape index (κ3) is 6.48. The quantitative estimate of drug-likeness (QED) is 0.762. The van der Waals surface area contributed by atoms with E-state index in [9.17, 15) is 13.2 Å². The number of carbonyl (C=O) groups is 1. The first-order chi connectivity index (χ1) is 7.97. The van der Waals surface area contributed by atoms with Crippen molar-refractivity contribution in [3.63, 3.8) is 0 Å². The van der Waals surface area contributed by atoms with Crippen molar-refractivity contribution in [1.29, 1.82) is 0 Å². The standard InChI is InChI=1S/C9H12N2O5S/c1-17(13,14)16-11-9(12)15-7-5-8-4-2-3-6-10-8/h2-4,6H,5,7H2,1H3,(H,11,12). The minimum absolute atomic E-state index is 0.0793. The zero-order valence-corrected chi connectivity index (χ0v) is 9.94. The summed E-state index contributed by atoms with van der Waals surface area (Å²) in [6.07, 6.45) is 1.91. The lowest BCUT2D eigenvalue weighted by Crippen LogP contribution is -2.27. The Morgan fingerprint density at radius 2 is 2.24 bits per heavy atom. The number of ether oxygens (including phenoxy) is 1. The maximum Gasteiger partial charge on any atom is 0.432 e. The third-order valence-electron chi connectivity index (χ3n) is 1.59. The number of aromatic nitrogens is 1. The number of nitrogens with zero attached hydrogens (tertiary/aromatic N) is 1. The number of hydrogen-bond acceptors (Lipinski definition) is 6. The van der Waals surface area contributed by atoms with Crippen molar-refractivity contribution in [3.8, 4) is 0 Å². The van der Waals surface area contributed by atoms with Gasteiger partial charge in [0.1, 0.15) is 0 Å². The van der Waals surface area contributed by atoms with Crippen LogP contribution in [0, 0.1) is 0 Å². The Hall–Kier alpha value is -1.67. The van der Waals surface area contributed by atoms with E-state index in [0.29, 0.717) is 6.42 Å². The van der Waals surface area contributed by atoms with E-state index in [1.807, 2.05) is 6.07 Å². The molecule has 0 radical (unpaired) electrons. The van der Waals surface area contributed by atoms with Crippen LogP contribution in [0.3, 0.4) is 0 Å². The number of nitrogens with one attached hydrogen (secondary N) is 1. The van der Waals surface area contributed by atoms with Gasteiger partial charge in [0.05, 0.1) is 12.9 Å². The average Bonchev–Trinajstić information content (AvgIpc) is 2.27. The van der Waals surface area contributed by atoms with Crippen molar-refractivity contribution in [1.82, 2.24) is 10.5 Å². The topological polar surface area (TPSA) is 94.6 Å². The van der Waals surface area contributed by atoms with Crippen molar-refractivity contribution < 1.29 is 22.2 Å². The van der Waals surface area contributed by atoms with Crippen molar-refractivity contribution in [2.75, 3.05) is 12.9 Å². The number of rotatable bonds is 5.